The molecule has 160 valence electrons. The van der Waals surface area contributed by atoms with E-state index in [1.54, 1.807) is 49.4 Å². The number of methoxy groups -OCH3 is 2. The van der Waals surface area contributed by atoms with Crippen molar-refractivity contribution in [2.45, 2.75) is 0 Å². The molecule has 0 fully saturated rings. The first kappa shape index (κ1) is 20.9. The lowest BCUT2D eigenvalue weighted by Gasteiger charge is -2.04. The van der Waals surface area contributed by atoms with Crippen molar-refractivity contribution in [3.63, 3.8) is 0 Å². The highest BCUT2D eigenvalue weighted by molar-refractivity contribution is 5.95. The van der Waals surface area contributed by atoms with Crippen LogP contribution in [0.1, 0.15) is 15.9 Å². The zero-order chi connectivity index (χ0) is 22.3. The number of benzene rings is 3. The van der Waals surface area contributed by atoms with E-state index in [1.807, 2.05) is 60.8 Å². The van der Waals surface area contributed by atoms with Crippen molar-refractivity contribution >= 4 is 12.1 Å². The molecule has 4 aromatic rings. The van der Waals surface area contributed by atoms with Crippen LogP contribution >= 0.6 is 0 Å². The topological polar surface area (TPSA) is 77.7 Å². The van der Waals surface area contributed by atoms with Gasteiger partial charge in [0.25, 0.3) is 5.91 Å². The van der Waals surface area contributed by atoms with Gasteiger partial charge in [0.05, 0.1) is 26.1 Å². The fourth-order valence-corrected chi connectivity index (χ4v) is 3.16. The van der Waals surface area contributed by atoms with Gasteiger partial charge in [0.15, 0.2) is 0 Å². The SMILES string of the molecule is COc1ccc(C(=O)N/N=C\c2cn(-c3ccccc3)nc2-c2cccc(OC)c2)cc1. The van der Waals surface area contributed by atoms with Crippen molar-refractivity contribution in [2.75, 3.05) is 14.2 Å². The normalized spacial score (nSPS) is 10.8. The van der Waals surface area contributed by atoms with Crippen LogP contribution in [0.4, 0.5) is 0 Å². The molecule has 3 aromatic carbocycles. The smallest absolute Gasteiger partial charge is 0.271 e. The molecule has 0 aliphatic carbocycles. The van der Waals surface area contributed by atoms with E-state index in [2.05, 4.69) is 10.5 Å². The van der Waals surface area contributed by atoms with Crippen LogP contribution in [-0.2, 0) is 0 Å². The van der Waals surface area contributed by atoms with E-state index in [-0.39, 0.29) is 5.91 Å². The van der Waals surface area contributed by atoms with Crippen molar-refractivity contribution in [2.24, 2.45) is 5.10 Å². The maximum atomic E-state index is 12.4. The Hall–Kier alpha value is -4.39. The first-order valence-electron chi connectivity index (χ1n) is 9.95. The third-order valence-corrected chi connectivity index (χ3v) is 4.83. The Bertz CT molecular complexity index is 1230. The lowest BCUT2D eigenvalue weighted by Crippen LogP contribution is -2.17. The maximum absolute atomic E-state index is 12.4. The molecule has 0 unspecified atom stereocenters. The maximum Gasteiger partial charge on any atom is 0.271 e. The summed E-state index contributed by atoms with van der Waals surface area (Å²) in [5.74, 6) is 1.09. The summed E-state index contributed by atoms with van der Waals surface area (Å²) in [5, 5.41) is 8.90. The quantitative estimate of drug-likeness (QED) is 0.353. The number of hydrogen-bond acceptors (Lipinski definition) is 5. The molecular weight excluding hydrogens is 404 g/mol. The van der Waals surface area contributed by atoms with Crippen molar-refractivity contribution in [1.29, 1.82) is 0 Å². The lowest BCUT2D eigenvalue weighted by atomic mass is 10.1. The van der Waals surface area contributed by atoms with E-state index in [4.69, 9.17) is 14.6 Å². The molecule has 32 heavy (non-hydrogen) atoms. The van der Waals surface area contributed by atoms with Gasteiger partial charge in [-0.25, -0.2) is 10.1 Å². The van der Waals surface area contributed by atoms with Gasteiger partial charge in [-0.2, -0.15) is 10.2 Å². The second-order valence-corrected chi connectivity index (χ2v) is 6.87. The number of carbonyl (C=O) groups excluding carboxylic acids is 1. The summed E-state index contributed by atoms with van der Waals surface area (Å²) in [6.07, 6.45) is 3.45. The Morgan fingerprint density at radius 3 is 2.41 bits per heavy atom. The van der Waals surface area contributed by atoms with Crippen LogP contribution in [0.5, 0.6) is 11.5 Å². The van der Waals surface area contributed by atoms with Gasteiger partial charge < -0.3 is 9.47 Å². The van der Waals surface area contributed by atoms with Gasteiger partial charge >= 0.3 is 0 Å². The Morgan fingerprint density at radius 2 is 1.69 bits per heavy atom. The zero-order valence-electron chi connectivity index (χ0n) is 17.7. The molecular formula is C25H22N4O3. The average molecular weight is 426 g/mol. The number of amides is 1. The number of hydrogen-bond donors (Lipinski definition) is 1. The van der Waals surface area contributed by atoms with E-state index < -0.39 is 0 Å². The van der Waals surface area contributed by atoms with Crippen LogP contribution in [0.2, 0.25) is 0 Å². The Labute approximate surface area is 185 Å². The minimum absolute atomic E-state index is 0.317. The molecule has 0 bridgehead atoms. The highest BCUT2D eigenvalue weighted by Gasteiger charge is 2.12. The molecule has 1 N–H and O–H groups in total. The molecule has 7 nitrogen and oxygen atoms in total. The van der Waals surface area contributed by atoms with Crippen molar-refractivity contribution < 1.29 is 14.3 Å². The number of nitrogens with one attached hydrogen (secondary N) is 1. The fourth-order valence-electron chi connectivity index (χ4n) is 3.16. The van der Waals surface area contributed by atoms with Gasteiger partial charge in [-0.15, -0.1) is 0 Å². The summed E-state index contributed by atoms with van der Waals surface area (Å²) in [5.41, 5.74) is 6.30. The molecule has 1 aromatic heterocycles. The second-order valence-electron chi connectivity index (χ2n) is 6.87. The van der Waals surface area contributed by atoms with Crippen molar-refractivity contribution in [3.8, 4) is 28.4 Å². The van der Waals surface area contributed by atoms with E-state index in [0.717, 1.165) is 28.3 Å². The number of para-hydroxylation sites is 1. The summed E-state index contributed by atoms with van der Waals surface area (Å²) in [6.45, 7) is 0. The molecule has 0 radical (unpaired) electrons. The van der Waals surface area contributed by atoms with Crippen LogP contribution < -0.4 is 14.9 Å². The zero-order valence-corrected chi connectivity index (χ0v) is 17.7. The van der Waals surface area contributed by atoms with Gasteiger partial charge in [-0.05, 0) is 48.5 Å². The molecule has 0 atom stereocenters. The van der Waals surface area contributed by atoms with Gasteiger partial charge in [-0.1, -0.05) is 30.3 Å². The highest BCUT2D eigenvalue weighted by Crippen LogP contribution is 2.26. The van der Waals surface area contributed by atoms with E-state index in [0.29, 0.717) is 11.3 Å². The summed E-state index contributed by atoms with van der Waals surface area (Å²) < 4.78 is 12.2. The van der Waals surface area contributed by atoms with Gasteiger partial charge in [-0.3, -0.25) is 4.79 Å². The Balaban J connectivity index is 1.62. The first-order valence-corrected chi connectivity index (χ1v) is 9.95. The Kier molecular flexibility index (Phi) is 6.27. The highest BCUT2D eigenvalue weighted by atomic mass is 16.5. The van der Waals surface area contributed by atoms with E-state index in [1.165, 1.54) is 0 Å². The summed E-state index contributed by atoms with van der Waals surface area (Å²) in [4.78, 5) is 12.4. The molecule has 0 spiro atoms. The summed E-state index contributed by atoms with van der Waals surface area (Å²) in [7, 11) is 3.20. The van der Waals surface area contributed by atoms with Gasteiger partial charge in [0.1, 0.15) is 17.2 Å². The number of hydrazone groups is 1. The van der Waals surface area contributed by atoms with Crippen molar-refractivity contribution in [1.82, 2.24) is 15.2 Å². The van der Waals surface area contributed by atoms with Crippen LogP contribution in [0.25, 0.3) is 16.9 Å². The molecule has 1 heterocycles. The number of rotatable bonds is 7. The summed E-state index contributed by atoms with van der Waals surface area (Å²) >= 11 is 0. The number of aromatic nitrogens is 2. The molecule has 0 aliphatic heterocycles. The van der Waals surface area contributed by atoms with Crippen LogP contribution in [-0.4, -0.2) is 36.1 Å². The minimum Gasteiger partial charge on any atom is -0.497 e. The van der Waals surface area contributed by atoms with Gasteiger partial charge in [0.2, 0.25) is 0 Å². The van der Waals surface area contributed by atoms with Crippen molar-refractivity contribution in [3.05, 3.63) is 96.2 Å². The predicted molar refractivity (Wildman–Crippen MR) is 124 cm³/mol. The molecule has 0 saturated carbocycles. The Morgan fingerprint density at radius 1 is 0.938 bits per heavy atom. The molecule has 7 heteroatoms. The molecule has 0 aliphatic rings. The first-order chi connectivity index (χ1) is 15.7. The third-order valence-electron chi connectivity index (χ3n) is 4.83. The number of ether oxygens (including phenoxy) is 2. The largest absolute Gasteiger partial charge is 0.497 e. The lowest BCUT2D eigenvalue weighted by molar-refractivity contribution is 0.0955. The standard InChI is InChI=1S/C25H22N4O3/c1-31-22-13-11-18(12-14-22)25(30)27-26-16-20-17-29(21-8-4-3-5-9-21)28-24(20)19-7-6-10-23(15-19)32-2/h3-17H,1-2H3,(H,27,30)/b26-16-. The number of carbonyl (C=O) groups is 1. The van der Waals surface area contributed by atoms with Gasteiger partial charge in [0, 0.05) is 22.9 Å². The predicted octanol–water partition coefficient (Wildman–Crippen LogP) is 4.32. The second kappa shape index (κ2) is 9.61. The molecule has 0 saturated heterocycles. The molecule has 1 amide bonds. The van der Waals surface area contributed by atoms with E-state index >= 15 is 0 Å². The molecule has 4 rings (SSSR count). The third kappa shape index (κ3) is 4.67. The minimum atomic E-state index is -0.317. The monoisotopic (exact) mass is 426 g/mol. The average Bonchev–Trinajstić information content (AvgIpc) is 3.29. The number of nitrogens with zero attached hydrogens (tertiary/aromatic N) is 3. The van der Waals surface area contributed by atoms with Crippen LogP contribution in [0, 0.1) is 0 Å². The fraction of sp³-hybridized carbons (Fsp3) is 0.0800. The van der Waals surface area contributed by atoms with Crippen LogP contribution in [0.3, 0.4) is 0 Å². The summed E-state index contributed by atoms with van der Waals surface area (Å²) in [6, 6.07) is 24.2. The van der Waals surface area contributed by atoms with E-state index in [9.17, 15) is 4.79 Å². The van der Waals surface area contributed by atoms with Crippen LogP contribution in [0.15, 0.2) is 90.2 Å².